The highest BCUT2D eigenvalue weighted by Crippen LogP contribution is 2.25. The number of nitrogens with one attached hydrogen (secondary N) is 1. The van der Waals surface area contributed by atoms with E-state index in [0.29, 0.717) is 6.42 Å². The zero-order valence-corrected chi connectivity index (χ0v) is 11.7. The second-order valence-electron chi connectivity index (χ2n) is 4.11. The molecule has 1 N–H and O–H groups in total. The number of hydrogen-bond donors (Lipinski definition) is 1. The average Bonchev–Trinajstić information content (AvgIpc) is 2.87. The molecule has 0 radical (unpaired) electrons. The summed E-state index contributed by atoms with van der Waals surface area (Å²) >= 11 is 3.46. The predicted octanol–water partition coefficient (Wildman–Crippen LogP) is 4.07. The minimum atomic E-state index is -0.212. The number of rotatable bonds is 5. The SMILES string of the molecule is CCNC(Cc1cc(F)ccc1Br)c1ccoc1. The van der Waals surface area contributed by atoms with Crippen LogP contribution in [0, 0.1) is 5.82 Å². The molecule has 4 heteroatoms. The lowest BCUT2D eigenvalue weighted by Gasteiger charge is -2.17. The van der Waals surface area contributed by atoms with E-state index in [0.717, 1.165) is 22.1 Å². The Morgan fingerprint density at radius 1 is 1.39 bits per heavy atom. The van der Waals surface area contributed by atoms with Crippen molar-refractivity contribution in [2.24, 2.45) is 0 Å². The summed E-state index contributed by atoms with van der Waals surface area (Å²) in [5.41, 5.74) is 2.02. The van der Waals surface area contributed by atoms with Crippen LogP contribution in [0.25, 0.3) is 0 Å². The lowest BCUT2D eigenvalue weighted by Crippen LogP contribution is -2.22. The summed E-state index contributed by atoms with van der Waals surface area (Å²) < 4.78 is 19.3. The van der Waals surface area contributed by atoms with Crippen molar-refractivity contribution in [1.29, 1.82) is 0 Å². The highest BCUT2D eigenvalue weighted by Gasteiger charge is 2.14. The molecule has 0 saturated carbocycles. The van der Waals surface area contributed by atoms with E-state index in [9.17, 15) is 4.39 Å². The fourth-order valence-electron chi connectivity index (χ4n) is 1.95. The average molecular weight is 312 g/mol. The van der Waals surface area contributed by atoms with Gasteiger partial charge in [0.25, 0.3) is 0 Å². The Morgan fingerprint density at radius 3 is 2.89 bits per heavy atom. The summed E-state index contributed by atoms with van der Waals surface area (Å²) in [6.07, 6.45) is 4.09. The van der Waals surface area contributed by atoms with Crippen LogP contribution in [0.5, 0.6) is 0 Å². The number of hydrogen-bond acceptors (Lipinski definition) is 2. The molecule has 2 aromatic rings. The van der Waals surface area contributed by atoms with E-state index in [1.54, 1.807) is 24.7 Å². The van der Waals surface area contributed by atoms with Crippen LogP contribution in [0.1, 0.15) is 24.1 Å². The molecule has 0 bridgehead atoms. The predicted molar refractivity (Wildman–Crippen MR) is 72.9 cm³/mol. The summed E-state index contributed by atoms with van der Waals surface area (Å²) in [7, 11) is 0. The summed E-state index contributed by atoms with van der Waals surface area (Å²) in [4.78, 5) is 0. The molecule has 2 rings (SSSR count). The van der Waals surface area contributed by atoms with Gasteiger partial charge in [0.2, 0.25) is 0 Å². The molecule has 0 saturated heterocycles. The normalized spacial score (nSPS) is 12.6. The van der Waals surface area contributed by atoms with E-state index in [4.69, 9.17) is 4.42 Å². The molecule has 18 heavy (non-hydrogen) atoms. The Morgan fingerprint density at radius 2 is 2.22 bits per heavy atom. The van der Waals surface area contributed by atoms with Crippen molar-refractivity contribution in [1.82, 2.24) is 5.32 Å². The third kappa shape index (κ3) is 3.21. The van der Waals surface area contributed by atoms with Gasteiger partial charge >= 0.3 is 0 Å². The lowest BCUT2D eigenvalue weighted by atomic mass is 10.0. The first-order valence-electron chi connectivity index (χ1n) is 5.90. The summed E-state index contributed by atoms with van der Waals surface area (Å²) in [5.74, 6) is -0.212. The molecule has 0 aliphatic rings. The Bertz CT molecular complexity index is 499. The van der Waals surface area contributed by atoms with Gasteiger partial charge < -0.3 is 9.73 Å². The van der Waals surface area contributed by atoms with Crippen molar-refractivity contribution in [2.45, 2.75) is 19.4 Å². The van der Waals surface area contributed by atoms with Gasteiger partial charge in [0.15, 0.2) is 0 Å². The monoisotopic (exact) mass is 311 g/mol. The van der Waals surface area contributed by atoms with Gasteiger partial charge in [0.05, 0.1) is 12.5 Å². The molecule has 0 fully saturated rings. The van der Waals surface area contributed by atoms with Crippen LogP contribution in [-0.2, 0) is 6.42 Å². The maximum absolute atomic E-state index is 13.3. The van der Waals surface area contributed by atoms with Gasteiger partial charge in [-0.1, -0.05) is 22.9 Å². The first kappa shape index (κ1) is 13.3. The molecule has 0 aliphatic heterocycles. The Balaban J connectivity index is 2.21. The van der Waals surface area contributed by atoms with Gasteiger partial charge in [0, 0.05) is 16.1 Å². The van der Waals surface area contributed by atoms with Crippen molar-refractivity contribution in [3.8, 4) is 0 Å². The largest absolute Gasteiger partial charge is 0.472 e. The molecule has 1 unspecified atom stereocenters. The van der Waals surface area contributed by atoms with Crippen LogP contribution in [-0.4, -0.2) is 6.54 Å². The molecular formula is C14H15BrFNO. The van der Waals surface area contributed by atoms with Crippen LogP contribution >= 0.6 is 15.9 Å². The molecule has 96 valence electrons. The molecule has 0 amide bonds. The Labute approximate surface area is 114 Å². The second kappa shape index (κ2) is 6.16. The number of furan rings is 1. The number of likely N-dealkylation sites (N-methyl/N-ethyl adjacent to an activating group) is 1. The minimum absolute atomic E-state index is 0.131. The van der Waals surface area contributed by atoms with Crippen molar-refractivity contribution < 1.29 is 8.81 Å². The second-order valence-corrected chi connectivity index (χ2v) is 4.96. The highest BCUT2D eigenvalue weighted by atomic mass is 79.9. The topological polar surface area (TPSA) is 25.2 Å². The Kier molecular flexibility index (Phi) is 4.55. The third-order valence-electron chi connectivity index (χ3n) is 2.83. The molecule has 0 spiro atoms. The summed E-state index contributed by atoms with van der Waals surface area (Å²) in [6.45, 7) is 2.90. The first-order valence-corrected chi connectivity index (χ1v) is 6.69. The van der Waals surface area contributed by atoms with Crippen molar-refractivity contribution in [3.63, 3.8) is 0 Å². The molecular weight excluding hydrogens is 297 g/mol. The molecule has 1 aromatic carbocycles. The summed E-state index contributed by atoms with van der Waals surface area (Å²) in [6, 6.07) is 6.82. The van der Waals surface area contributed by atoms with Crippen LogP contribution in [0.3, 0.4) is 0 Å². The van der Waals surface area contributed by atoms with Crippen molar-refractivity contribution in [2.75, 3.05) is 6.54 Å². The first-order chi connectivity index (χ1) is 8.70. The van der Waals surface area contributed by atoms with Crippen molar-refractivity contribution >= 4 is 15.9 Å². The highest BCUT2D eigenvalue weighted by molar-refractivity contribution is 9.10. The van der Waals surface area contributed by atoms with E-state index < -0.39 is 0 Å². The number of benzene rings is 1. The third-order valence-corrected chi connectivity index (χ3v) is 3.60. The van der Waals surface area contributed by atoms with Gasteiger partial charge in [-0.3, -0.25) is 0 Å². The molecule has 1 aromatic heterocycles. The zero-order chi connectivity index (χ0) is 13.0. The molecule has 0 aliphatic carbocycles. The maximum atomic E-state index is 13.3. The van der Waals surface area contributed by atoms with E-state index in [2.05, 4.69) is 21.2 Å². The van der Waals surface area contributed by atoms with Gasteiger partial charge in [-0.2, -0.15) is 0 Å². The minimum Gasteiger partial charge on any atom is -0.472 e. The van der Waals surface area contributed by atoms with Crippen LogP contribution in [0.4, 0.5) is 4.39 Å². The number of halogens is 2. The standard InChI is InChI=1S/C14H15BrFNO/c1-2-17-14(10-5-6-18-9-10)8-11-7-12(16)3-4-13(11)15/h3-7,9,14,17H,2,8H2,1H3. The molecule has 1 heterocycles. The fraction of sp³-hybridized carbons (Fsp3) is 0.286. The van der Waals surface area contributed by atoms with Gasteiger partial charge in [-0.05, 0) is 42.8 Å². The molecule has 1 atom stereocenters. The van der Waals surface area contributed by atoms with E-state index in [1.165, 1.54) is 6.07 Å². The van der Waals surface area contributed by atoms with Crippen LogP contribution < -0.4 is 5.32 Å². The van der Waals surface area contributed by atoms with Gasteiger partial charge in [0.1, 0.15) is 5.82 Å². The summed E-state index contributed by atoms with van der Waals surface area (Å²) in [5, 5.41) is 3.38. The zero-order valence-electron chi connectivity index (χ0n) is 10.1. The van der Waals surface area contributed by atoms with Gasteiger partial charge in [-0.15, -0.1) is 0 Å². The lowest BCUT2D eigenvalue weighted by molar-refractivity contribution is 0.523. The maximum Gasteiger partial charge on any atom is 0.123 e. The quantitative estimate of drug-likeness (QED) is 0.900. The van der Waals surface area contributed by atoms with E-state index in [-0.39, 0.29) is 11.9 Å². The van der Waals surface area contributed by atoms with Crippen LogP contribution in [0.15, 0.2) is 45.7 Å². The molecule has 2 nitrogen and oxygen atoms in total. The van der Waals surface area contributed by atoms with E-state index >= 15 is 0 Å². The fourth-order valence-corrected chi connectivity index (χ4v) is 2.36. The van der Waals surface area contributed by atoms with Crippen molar-refractivity contribution in [3.05, 3.63) is 58.2 Å². The van der Waals surface area contributed by atoms with Gasteiger partial charge in [-0.25, -0.2) is 4.39 Å². The van der Waals surface area contributed by atoms with E-state index in [1.807, 2.05) is 13.0 Å². The van der Waals surface area contributed by atoms with Crippen LogP contribution in [0.2, 0.25) is 0 Å². The smallest absolute Gasteiger partial charge is 0.123 e. The Hall–Kier alpha value is -1.13.